The highest BCUT2D eigenvalue weighted by molar-refractivity contribution is 8.00. The van der Waals surface area contributed by atoms with Crippen LogP contribution in [0.5, 0.6) is 5.75 Å². The molecule has 0 spiro atoms. The molecule has 3 aromatic rings. The molecule has 1 saturated carbocycles. The van der Waals surface area contributed by atoms with E-state index in [9.17, 15) is 17.6 Å². The monoisotopic (exact) mass is 471 g/mol. The van der Waals surface area contributed by atoms with Crippen LogP contribution in [-0.4, -0.2) is 30.8 Å². The van der Waals surface area contributed by atoms with Crippen molar-refractivity contribution in [2.75, 3.05) is 4.72 Å². The van der Waals surface area contributed by atoms with Crippen LogP contribution in [-0.2, 0) is 7.05 Å². The number of anilines is 1. The predicted molar refractivity (Wildman–Crippen MR) is 115 cm³/mol. The zero-order chi connectivity index (χ0) is 23.6. The van der Waals surface area contributed by atoms with Crippen molar-refractivity contribution in [1.29, 1.82) is 0 Å². The fourth-order valence-electron chi connectivity index (χ4n) is 2.87. The van der Waals surface area contributed by atoms with Gasteiger partial charge >= 0.3 is 0 Å². The SMILES string of the molecule is CC1CCCC(F)(F)C1.Cn1cccn1.Oc1cc(F)c(SNc2ccncn2)c(F)c1. The molecule has 0 amide bonds. The van der Waals surface area contributed by atoms with Crippen LogP contribution in [0, 0.1) is 17.6 Å². The normalized spacial score (nSPS) is 16.8. The fourth-order valence-corrected chi connectivity index (χ4v) is 3.51. The van der Waals surface area contributed by atoms with E-state index in [4.69, 9.17) is 5.11 Å². The van der Waals surface area contributed by atoms with Crippen LogP contribution in [0.4, 0.5) is 23.4 Å². The molecule has 1 fully saturated rings. The van der Waals surface area contributed by atoms with Gasteiger partial charge in [0.1, 0.15) is 34.4 Å². The van der Waals surface area contributed by atoms with Crippen LogP contribution in [0.25, 0.3) is 0 Å². The molecule has 2 aromatic heterocycles. The third kappa shape index (κ3) is 9.13. The Hall–Kier alpha value is -2.82. The maximum atomic E-state index is 13.3. The molecule has 2 N–H and O–H groups in total. The van der Waals surface area contributed by atoms with Gasteiger partial charge in [0, 0.05) is 50.6 Å². The Kier molecular flexibility index (Phi) is 9.76. The molecule has 6 nitrogen and oxygen atoms in total. The van der Waals surface area contributed by atoms with Crippen molar-refractivity contribution in [1.82, 2.24) is 19.7 Å². The zero-order valence-electron chi connectivity index (χ0n) is 17.7. The van der Waals surface area contributed by atoms with Gasteiger partial charge in [-0.1, -0.05) is 13.3 Å². The number of aromatic hydroxyl groups is 1. The molecule has 0 aliphatic heterocycles. The number of halogens is 4. The number of nitrogens with zero attached hydrogens (tertiary/aromatic N) is 4. The number of hydrogen-bond acceptors (Lipinski definition) is 6. The van der Waals surface area contributed by atoms with E-state index in [1.165, 1.54) is 12.5 Å². The minimum absolute atomic E-state index is 0.104. The molecule has 1 unspecified atom stereocenters. The van der Waals surface area contributed by atoms with Gasteiger partial charge in [-0.05, 0) is 36.4 Å². The molecular formula is C21H25F4N5OS. The number of benzene rings is 1. The van der Waals surface area contributed by atoms with E-state index in [-0.39, 0.29) is 23.7 Å². The Morgan fingerprint density at radius 2 is 1.94 bits per heavy atom. The summed E-state index contributed by atoms with van der Waals surface area (Å²) >= 11 is 0.734. The van der Waals surface area contributed by atoms with Gasteiger partial charge in [0.15, 0.2) is 0 Å². The van der Waals surface area contributed by atoms with Crippen molar-refractivity contribution in [2.45, 2.75) is 43.4 Å². The Balaban J connectivity index is 0.000000200. The van der Waals surface area contributed by atoms with Gasteiger partial charge < -0.3 is 9.83 Å². The number of phenols is 1. The first-order valence-corrected chi connectivity index (χ1v) is 10.7. The quantitative estimate of drug-likeness (QED) is 0.370. The molecule has 0 saturated heterocycles. The summed E-state index contributed by atoms with van der Waals surface area (Å²) in [6.45, 7) is 1.90. The summed E-state index contributed by atoms with van der Waals surface area (Å²) in [6, 6.07) is 5.13. The average Bonchev–Trinajstić information content (AvgIpc) is 3.19. The van der Waals surface area contributed by atoms with E-state index in [1.54, 1.807) is 16.9 Å². The lowest BCUT2D eigenvalue weighted by Gasteiger charge is -2.25. The van der Waals surface area contributed by atoms with E-state index in [1.807, 2.05) is 26.2 Å². The molecule has 0 bridgehead atoms. The smallest absolute Gasteiger partial charge is 0.248 e. The van der Waals surface area contributed by atoms with E-state index in [0.717, 1.165) is 30.5 Å². The van der Waals surface area contributed by atoms with E-state index in [2.05, 4.69) is 19.8 Å². The lowest BCUT2D eigenvalue weighted by molar-refractivity contribution is -0.0494. The maximum Gasteiger partial charge on any atom is 0.248 e. The van der Waals surface area contributed by atoms with E-state index >= 15 is 0 Å². The molecular weight excluding hydrogens is 446 g/mol. The summed E-state index contributed by atoms with van der Waals surface area (Å²) < 4.78 is 56.0. The van der Waals surface area contributed by atoms with Crippen molar-refractivity contribution in [2.24, 2.45) is 13.0 Å². The fraction of sp³-hybridized carbons (Fsp3) is 0.381. The number of rotatable bonds is 3. The molecule has 1 atom stereocenters. The first-order valence-electron chi connectivity index (χ1n) is 9.84. The second-order valence-electron chi connectivity index (χ2n) is 7.27. The van der Waals surface area contributed by atoms with Crippen LogP contribution >= 0.6 is 11.9 Å². The topological polar surface area (TPSA) is 75.9 Å². The molecule has 4 rings (SSSR count). The van der Waals surface area contributed by atoms with Gasteiger partial charge in [-0.15, -0.1) is 0 Å². The highest BCUT2D eigenvalue weighted by atomic mass is 32.2. The van der Waals surface area contributed by atoms with Gasteiger partial charge in [-0.3, -0.25) is 4.68 Å². The lowest BCUT2D eigenvalue weighted by atomic mass is 9.88. The Morgan fingerprint density at radius 3 is 2.38 bits per heavy atom. The maximum absolute atomic E-state index is 13.3. The molecule has 174 valence electrons. The highest BCUT2D eigenvalue weighted by Crippen LogP contribution is 2.36. The van der Waals surface area contributed by atoms with Crippen LogP contribution < -0.4 is 4.72 Å². The van der Waals surface area contributed by atoms with E-state index < -0.39 is 23.3 Å². The van der Waals surface area contributed by atoms with Crippen molar-refractivity contribution in [3.8, 4) is 5.75 Å². The number of aryl methyl sites for hydroxylation is 1. The molecule has 1 aliphatic carbocycles. The predicted octanol–water partition coefficient (Wildman–Crippen LogP) is 5.83. The van der Waals surface area contributed by atoms with Crippen LogP contribution in [0.1, 0.15) is 32.6 Å². The number of hydrogen-bond donors (Lipinski definition) is 2. The number of alkyl halides is 2. The summed E-state index contributed by atoms with van der Waals surface area (Å²) in [6.07, 6.45) is 8.35. The van der Waals surface area contributed by atoms with Crippen LogP contribution in [0.15, 0.2) is 54.1 Å². The van der Waals surface area contributed by atoms with Gasteiger partial charge in [0.25, 0.3) is 0 Å². The van der Waals surface area contributed by atoms with Crippen molar-refractivity contribution in [3.63, 3.8) is 0 Å². The summed E-state index contributed by atoms with van der Waals surface area (Å²) in [7, 11) is 1.89. The molecule has 0 radical (unpaired) electrons. The second-order valence-corrected chi connectivity index (χ2v) is 8.09. The zero-order valence-corrected chi connectivity index (χ0v) is 18.5. The van der Waals surface area contributed by atoms with Crippen molar-refractivity contribution >= 4 is 17.8 Å². The molecule has 1 aliphatic rings. The first-order chi connectivity index (χ1) is 15.2. The van der Waals surface area contributed by atoms with Crippen molar-refractivity contribution in [3.05, 3.63) is 60.8 Å². The van der Waals surface area contributed by atoms with Gasteiger partial charge in [-0.25, -0.2) is 27.5 Å². The molecule has 11 heteroatoms. The van der Waals surface area contributed by atoms with Crippen LogP contribution in [0.3, 0.4) is 0 Å². The first kappa shape index (κ1) is 25.4. The molecule has 32 heavy (non-hydrogen) atoms. The number of aromatic nitrogens is 4. The van der Waals surface area contributed by atoms with Gasteiger partial charge in [-0.2, -0.15) is 5.10 Å². The number of nitrogens with one attached hydrogen (secondary N) is 1. The Morgan fingerprint density at radius 1 is 1.22 bits per heavy atom. The summed E-state index contributed by atoms with van der Waals surface area (Å²) in [4.78, 5) is 7.30. The lowest BCUT2D eigenvalue weighted by Crippen LogP contribution is -2.24. The van der Waals surface area contributed by atoms with Crippen LogP contribution in [0.2, 0.25) is 0 Å². The number of phenolic OH excluding ortho intramolecular Hbond substituents is 1. The summed E-state index contributed by atoms with van der Waals surface area (Å²) in [5, 5.41) is 12.8. The van der Waals surface area contributed by atoms with Gasteiger partial charge in [0.2, 0.25) is 5.92 Å². The third-order valence-corrected chi connectivity index (χ3v) is 5.25. The Labute approximate surface area is 188 Å². The summed E-state index contributed by atoms with van der Waals surface area (Å²) in [5.41, 5.74) is 0. The molecule has 1 aromatic carbocycles. The average molecular weight is 472 g/mol. The molecule has 2 heterocycles. The van der Waals surface area contributed by atoms with E-state index in [0.29, 0.717) is 12.2 Å². The second kappa shape index (κ2) is 12.3. The summed E-state index contributed by atoms with van der Waals surface area (Å²) in [5.74, 6) is -3.82. The largest absolute Gasteiger partial charge is 0.508 e. The van der Waals surface area contributed by atoms with Gasteiger partial charge in [0.05, 0.1) is 0 Å². The third-order valence-electron chi connectivity index (χ3n) is 4.35. The minimum Gasteiger partial charge on any atom is -0.508 e. The Bertz CT molecular complexity index is 922. The highest BCUT2D eigenvalue weighted by Gasteiger charge is 2.33. The minimum atomic E-state index is -2.35. The van der Waals surface area contributed by atoms with Crippen molar-refractivity contribution < 1.29 is 22.7 Å². The standard InChI is InChI=1S/C10H7F2N3OS.C7H12F2.C4H6N2/c11-7-3-6(16)4-8(12)10(7)17-15-9-1-2-13-5-14-9;1-6-3-2-4-7(8,9)5-6;1-6-4-2-3-5-6/h1-5,16H,(H,13,14,15);6H,2-5H2,1H3;2-4H,1H3.